The summed E-state index contributed by atoms with van der Waals surface area (Å²) in [7, 11) is 0. The van der Waals surface area contributed by atoms with Crippen LogP contribution in [0.4, 0.5) is 0 Å². The number of furan rings is 1. The van der Waals surface area contributed by atoms with E-state index in [1.165, 1.54) is 11.1 Å². The van der Waals surface area contributed by atoms with Crippen molar-refractivity contribution >= 4 is 21.9 Å². The van der Waals surface area contributed by atoms with Crippen LogP contribution in [0, 0.1) is 6.92 Å². The maximum absolute atomic E-state index is 6.49. The summed E-state index contributed by atoms with van der Waals surface area (Å²) >= 11 is 0. The number of rotatable bonds is 6. The second-order valence-corrected chi connectivity index (χ2v) is 12.4. The van der Waals surface area contributed by atoms with Gasteiger partial charge < -0.3 is 4.42 Å². The first kappa shape index (κ1) is 29.4. The van der Waals surface area contributed by atoms with E-state index in [1.54, 1.807) is 0 Å². The average Bonchev–Trinajstić information content (AvgIpc) is 3.57. The molecule has 0 bridgehead atoms. The quantitative estimate of drug-likeness (QED) is 0.181. The maximum atomic E-state index is 6.49. The standard InChI is InChI=1S/C45H30N4O/c1-29-25-37(28-46-27-29)32-17-21-35(22-18-32)44-47-43(34-11-6-3-7-12-34)48-45(49-44)36-23-24-39-41(26-36)50-40-14-8-13-38(42(39)40)33-19-15-31(16-20-33)30-9-4-2-5-10-30/h2-28H,1H3. The molecule has 0 N–H and O–H groups in total. The molecule has 5 heteroatoms. The Labute approximate surface area is 289 Å². The Morgan fingerprint density at radius 1 is 0.400 bits per heavy atom. The minimum atomic E-state index is 0.583. The van der Waals surface area contributed by atoms with Crippen molar-refractivity contribution in [1.82, 2.24) is 19.9 Å². The minimum Gasteiger partial charge on any atom is -0.456 e. The lowest BCUT2D eigenvalue weighted by Gasteiger charge is -2.09. The van der Waals surface area contributed by atoms with Gasteiger partial charge in [0.2, 0.25) is 0 Å². The molecule has 0 saturated heterocycles. The van der Waals surface area contributed by atoms with E-state index in [0.717, 1.165) is 66.4 Å². The molecule has 0 atom stereocenters. The van der Waals surface area contributed by atoms with Crippen molar-refractivity contribution in [3.63, 3.8) is 0 Å². The summed E-state index contributed by atoms with van der Waals surface area (Å²) in [6.45, 7) is 2.05. The Balaban J connectivity index is 1.12. The van der Waals surface area contributed by atoms with Crippen LogP contribution >= 0.6 is 0 Å². The summed E-state index contributed by atoms with van der Waals surface area (Å²) in [4.78, 5) is 19.2. The first-order chi connectivity index (χ1) is 24.7. The number of hydrogen-bond donors (Lipinski definition) is 0. The first-order valence-corrected chi connectivity index (χ1v) is 16.6. The smallest absolute Gasteiger partial charge is 0.164 e. The van der Waals surface area contributed by atoms with Gasteiger partial charge in [-0.2, -0.15) is 0 Å². The maximum Gasteiger partial charge on any atom is 0.164 e. The SMILES string of the molecule is Cc1cncc(-c2ccc(-c3nc(-c4ccccc4)nc(-c4ccc5c(c4)oc4cccc(-c6ccc(-c7ccccc7)cc6)c45)n3)cc2)c1. The van der Waals surface area contributed by atoms with Crippen molar-refractivity contribution in [2.24, 2.45) is 0 Å². The molecule has 0 aliphatic rings. The molecule has 9 aromatic rings. The highest BCUT2D eigenvalue weighted by molar-refractivity contribution is 6.13. The van der Waals surface area contributed by atoms with Crippen molar-refractivity contribution in [1.29, 1.82) is 0 Å². The topological polar surface area (TPSA) is 64.7 Å². The number of aromatic nitrogens is 4. The number of aryl methyl sites for hydroxylation is 1. The highest BCUT2D eigenvalue weighted by Gasteiger charge is 2.17. The van der Waals surface area contributed by atoms with E-state index in [4.69, 9.17) is 19.4 Å². The fourth-order valence-electron chi connectivity index (χ4n) is 6.55. The van der Waals surface area contributed by atoms with E-state index >= 15 is 0 Å². The third-order valence-corrected chi connectivity index (χ3v) is 9.08. The molecule has 9 rings (SSSR count). The second kappa shape index (κ2) is 12.4. The van der Waals surface area contributed by atoms with Gasteiger partial charge >= 0.3 is 0 Å². The van der Waals surface area contributed by atoms with Gasteiger partial charge in [-0.25, -0.2) is 15.0 Å². The number of benzene rings is 6. The van der Waals surface area contributed by atoms with Crippen LogP contribution < -0.4 is 0 Å². The number of hydrogen-bond acceptors (Lipinski definition) is 5. The monoisotopic (exact) mass is 642 g/mol. The van der Waals surface area contributed by atoms with Crippen LogP contribution in [0.3, 0.4) is 0 Å². The van der Waals surface area contributed by atoms with Gasteiger partial charge in [-0.05, 0) is 64.6 Å². The molecule has 0 aliphatic carbocycles. The summed E-state index contributed by atoms with van der Waals surface area (Å²) in [5, 5.41) is 2.14. The Bertz CT molecular complexity index is 2630. The number of fused-ring (bicyclic) bond motifs is 3. The van der Waals surface area contributed by atoms with Crippen LogP contribution in [-0.4, -0.2) is 19.9 Å². The van der Waals surface area contributed by atoms with E-state index in [2.05, 4.69) is 115 Å². The zero-order valence-electron chi connectivity index (χ0n) is 27.3. The predicted molar refractivity (Wildman–Crippen MR) is 202 cm³/mol. The predicted octanol–water partition coefficient (Wildman–Crippen LogP) is 11.5. The summed E-state index contributed by atoms with van der Waals surface area (Å²) < 4.78 is 6.49. The van der Waals surface area contributed by atoms with Gasteiger partial charge in [0.05, 0.1) is 0 Å². The summed E-state index contributed by atoms with van der Waals surface area (Å²) in [5.74, 6) is 1.80. The molecule has 6 aromatic carbocycles. The van der Waals surface area contributed by atoms with Crippen LogP contribution in [0.5, 0.6) is 0 Å². The molecule has 0 saturated carbocycles. The van der Waals surface area contributed by atoms with Crippen molar-refractivity contribution in [2.75, 3.05) is 0 Å². The fourth-order valence-corrected chi connectivity index (χ4v) is 6.55. The minimum absolute atomic E-state index is 0.583. The molecule has 3 aromatic heterocycles. The van der Waals surface area contributed by atoms with E-state index < -0.39 is 0 Å². The van der Waals surface area contributed by atoms with Crippen LogP contribution in [0.1, 0.15) is 5.56 Å². The lowest BCUT2D eigenvalue weighted by molar-refractivity contribution is 0.669. The molecular formula is C45H30N4O. The third-order valence-electron chi connectivity index (χ3n) is 9.08. The van der Waals surface area contributed by atoms with Gasteiger partial charge in [-0.15, -0.1) is 0 Å². The highest BCUT2D eigenvalue weighted by Crippen LogP contribution is 2.39. The number of nitrogens with zero attached hydrogens (tertiary/aromatic N) is 4. The molecular weight excluding hydrogens is 613 g/mol. The average molecular weight is 643 g/mol. The van der Waals surface area contributed by atoms with E-state index in [9.17, 15) is 0 Å². The van der Waals surface area contributed by atoms with E-state index in [0.29, 0.717) is 17.5 Å². The van der Waals surface area contributed by atoms with Crippen molar-refractivity contribution in [3.8, 4) is 67.5 Å². The Morgan fingerprint density at radius 2 is 0.940 bits per heavy atom. The summed E-state index contributed by atoms with van der Waals surface area (Å²) in [5.41, 5.74) is 12.3. The van der Waals surface area contributed by atoms with Crippen molar-refractivity contribution in [2.45, 2.75) is 6.92 Å². The molecule has 236 valence electrons. The number of pyridine rings is 1. The van der Waals surface area contributed by atoms with Crippen molar-refractivity contribution in [3.05, 3.63) is 170 Å². The summed E-state index contributed by atoms with van der Waals surface area (Å²) in [6.07, 6.45) is 3.75. The zero-order valence-corrected chi connectivity index (χ0v) is 27.3. The normalized spacial score (nSPS) is 11.3. The second-order valence-electron chi connectivity index (χ2n) is 12.4. The van der Waals surface area contributed by atoms with Gasteiger partial charge in [0.25, 0.3) is 0 Å². The van der Waals surface area contributed by atoms with Gasteiger partial charge in [0.15, 0.2) is 17.5 Å². The summed E-state index contributed by atoms with van der Waals surface area (Å²) in [6, 6.07) is 52.1. The zero-order chi connectivity index (χ0) is 33.4. The Hall–Kier alpha value is -6.72. The van der Waals surface area contributed by atoms with Gasteiger partial charge in [-0.1, -0.05) is 127 Å². The van der Waals surface area contributed by atoms with Gasteiger partial charge in [0, 0.05) is 45.4 Å². The molecule has 0 unspecified atom stereocenters. The van der Waals surface area contributed by atoms with Gasteiger partial charge in [-0.3, -0.25) is 4.98 Å². The molecule has 0 spiro atoms. The molecule has 0 fully saturated rings. The van der Waals surface area contributed by atoms with Crippen LogP contribution in [0.15, 0.2) is 168 Å². The van der Waals surface area contributed by atoms with Crippen molar-refractivity contribution < 1.29 is 4.42 Å². The van der Waals surface area contributed by atoms with Crippen LogP contribution in [0.25, 0.3) is 89.5 Å². The Kier molecular flexibility index (Phi) is 7.29. The lowest BCUT2D eigenvalue weighted by atomic mass is 9.96. The van der Waals surface area contributed by atoms with Crippen LogP contribution in [0.2, 0.25) is 0 Å². The van der Waals surface area contributed by atoms with Crippen LogP contribution in [-0.2, 0) is 0 Å². The lowest BCUT2D eigenvalue weighted by Crippen LogP contribution is -2.00. The molecule has 3 heterocycles. The van der Waals surface area contributed by atoms with Gasteiger partial charge in [0.1, 0.15) is 11.2 Å². The fraction of sp³-hybridized carbons (Fsp3) is 0.0222. The van der Waals surface area contributed by atoms with E-state index in [-0.39, 0.29) is 0 Å². The largest absolute Gasteiger partial charge is 0.456 e. The molecule has 0 radical (unpaired) electrons. The third kappa shape index (κ3) is 5.51. The molecule has 0 amide bonds. The molecule has 50 heavy (non-hydrogen) atoms. The van der Waals surface area contributed by atoms with E-state index in [1.807, 2.05) is 60.9 Å². The highest BCUT2D eigenvalue weighted by atomic mass is 16.3. The first-order valence-electron chi connectivity index (χ1n) is 16.6. The Morgan fingerprint density at radius 3 is 1.62 bits per heavy atom. The molecule has 5 nitrogen and oxygen atoms in total. The molecule has 0 aliphatic heterocycles.